The molecule has 0 bridgehead atoms. The van der Waals surface area contributed by atoms with E-state index >= 15 is 0 Å². The molecule has 2 unspecified atom stereocenters. The zero-order chi connectivity index (χ0) is 22.1. The number of aryl methyl sites for hydroxylation is 1. The number of aliphatic hydroxyl groups excluding tert-OH is 2. The van der Waals surface area contributed by atoms with E-state index in [1.165, 1.54) is 17.5 Å². The molecule has 0 aliphatic heterocycles. The molecule has 0 saturated carbocycles. The topological polar surface area (TPSA) is 122 Å². The molecular weight excluding hydrogens is 398 g/mol. The number of nitrogens with one attached hydrogen (secondary N) is 1. The normalized spacial score (nSPS) is 14.4. The molecule has 1 aromatic carbocycles. The van der Waals surface area contributed by atoms with E-state index < -0.39 is 35.9 Å². The van der Waals surface area contributed by atoms with Gasteiger partial charge in [0, 0.05) is 17.8 Å². The number of ether oxygens (including phenoxy) is 1. The third kappa shape index (κ3) is 4.25. The van der Waals surface area contributed by atoms with Crippen molar-refractivity contribution in [1.29, 1.82) is 0 Å². The number of aromatic nitrogens is 2. The summed E-state index contributed by atoms with van der Waals surface area (Å²) in [6.07, 6.45) is 0.0630. The lowest BCUT2D eigenvalue weighted by atomic mass is 10.0. The molecule has 0 aliphatic carbocycles. The summed E-state index contributed by atoms with van der Waals surface area (Å²) in [4.78, 5) is 12.8. The molecule has 160 valence electrons. The first-order chi connectivity index (χ1) is 14.1. The number of nitrogens with zero attached hydrogens (tertiary/aromatic N) is 2. The summed E-state index contributed by atoms with van der Waals surface area (Å²) < 4.78 is 34.1. The fourth-order valence-electron chi connectivity index (χ4n) is 2.86. The summed E-state index contributed by atoms with van der Waals surface area (Å²) in [5.41, 5.74) is 5.02. The molecule has 5 N–H and O–H groups in total. The van der Waals surface area contributed by atoms with Crippen molar-refractivity contribution in [3.05, 3.63) is 65.0 Å². The van der Waals surface area contributed by atoms with Gasteiger partial charge in [0.2, 0.25) is 0 Å². The maximum absolute atomic E-state index is 13.8. The second kappa shape index (κ2) is 8.34. The Bertz CT molecular complexity index is 1090. The smallest absolute Gasteiger partial charge is 0.256 e. The number of halogens is 2. The Labute approximate surface area is 170 Å². The van der Waals surface area contributed by atoms with Gasteiger partial charge in [0.15, 0.2) is 0 Å². The number of carbonyl (C=O) groups excluding carboxylic acids is 1. The Balaban J connectivity index is 1.89. The van der Waals surface area contributed by atoms with Crippen molar-refractivity contribution in [1.82, 2.24) is 14.9 Å². The van der Waals surface area contributed by atoms with Crippen LogP contribution in [0.1, 0.15) is 28.5 Å². The lowest BCUT2D eigenvalue weighted by Gasteiger charge is -2.31. The van der Waals surface area contributed by atoms with E-state index in [4.69, 9.17) is 10.5 Å². The summed E-state index contributed by atoms with van der Waals surface area (Å²) in [6.45, 7) is 2.23. The van der Waals surface area contributed by atoms with Crippen LogP contribution in [0.4, 0.5) is 8.78 Å². The largest absolute Gasteiger partial charge is 0.489 e. The number of hydrogen-bond acceptors (Lipinski definition) is 6. The number of hydrogen-bond donors (Lipinski definition) is 4. The van der Waals surface area contributed by atoms with Crippen molar-refractivity contribution in [2.45, 2.75) is 32.2 Å². The van der Waals surface area contributed by atoms with Gasteiger partial charge in [0.05, 0.1) is 28.9 Å². The summed E-state index contributed by atoms with van der Waals surface area (Å²) in [5, 5.41) is 25.9. The van der Waals surface area contributed by atoms with Crippen LogP contribution < -0.4 is 15.8 Å². The van der Waals surface area contributed by atoms with Crippen molar-refractivity contribution >= 4 is 11.4 Å². The van der Waals surface area contributed by atoms with E-state index in [0.29, 0.717) is 17.0 Å². The number of amides is 1. The van der Waals surface area contributed by atoms with E-state index in [2.05, 4.69) is 10.4 Å². The Morgan fingerprint density at radius 2 is 2.10 bits per heavy atom. The fourth-order valence-corrected chi connectivity index (χ4v) is 2.86. The van der Waals surface area contributed by atoms with Crippen molar-refractivity contribution in [2.24, 2.45) is 5.73 Å². The number of pyridine rings is 1. The maximum atomic E-state index is 13.8. The van der Waals surface area contributed by atoms with Gasteiger partial charge < -0.3 is 26.0 Å². The van der Waals surface area contributed by atoms with Gasteiger partial charge in [-0.25, -0.2) is 13.3 Å². The van der Waals surface area contributed by atoms with Gasteiger partial charge in [-0.05, 0) is 38.1 Å². The van der Waals surface area contributed by atoms with E-state index in [9.17, 15) is 23.8 Å². The molecule has 30 heavy (non-hydrogen) atoms. The number of rotatable bonds is 7. The minimum Gasteiger partial charge on any atom is -0.489 e. The van der Waals surface area contributed by atoms with Gasteiger partial charge in [-0.1, -0.05) is 0 Å². The predicted octanol–water partition coefficient (Wildman–Crippen LogP) is 1.26. The van der Waals surface area contributed by atoms with Crippen molar-refractivity contribution < 1.29 is 28.5 Å². The highest BCUT2D eigenvalue weighted by molar-refractivity contribution is 6.02. The van der Waals surface area contributed by atoms with Crippen molar-refractivity contribution in [3.63, 3.8) is 0 Å². The Morgan fingerprint density at radius 1 is 1.37 bits per heavy atom. The van der Waals surface area contributed by atoms with Crippen molar-refractivity contribution in [3.8, 4) is 5.75 Å². The van der Waals surface area contributed by atoms with Gasteiger partial charge in [0.1, 0.15) is 30.2 Å². The van der Waals surface area contributed by atoms with Crippen LogP contribution in [-0.4, -0.2) is 44.1 Å². The molecule has 8 nitrogen and oxygen atoms in total. The highest BCUT2D eigenvalue weighted by Crippen LogP contribution is 2.23. The first-order valence-corrected chi connectivity index (χ1v) is 9.07. The van der Waals surface area contributed by atoms with Gasteiger partial charge >= 0.3 is 0 Å². The maximum Gasteiger partial charge on any atom is 0.256 e. The standard InChI is InChI=1S/C20H22F2N4O4/c1-11-17(18(28)24-20(2,10-27)19(23)29)16-8-14(5-6-26(16)25-11)30-9-12-7-13(21)3-4-15(12)22/h3-8,19,27,29H,9-10,23H2,1-2H3,(H,24,28). The average Bonchev–Trinajstić information content (AvgIpc) is 3.03. The molecule has 0 aliphatic rings. The number of aliphatic hydroxyl groups is 2. The Kier molecular flexibility index (Phi) is 6.01. The van der Waals surface area contributed by atoms with E-state index in [-0.39, 0.29) is 17.7 Å². The van der Waals surface area contributed by atoms with Gasteiger partial charge in [-0.2, -0.15) is 5.10 Å². The molecule has 0 radical (unpaired) electrons. The molecule has 3 aromatic rings. The summed E-state index contributed by atoms with van der Waals surface area (Å²) in [7, 11) is 0. The molecule has 10 heteroatoms. The summed E-state index contributed by atoms with van der Waals surface area (Å²) >= 11 is 0. The number of carbonyl (C=O) groups is 1. The van der Waals surface area contributed by atoms with E-state index in [0.717, 1.165) is 18.2 Å². The lowest BCUT2D eigenvalue weighted by molar-refractivity contribution is 0.0308. The second-order valence-corrected chi connectivity index (χ2v) is 7.15. The van der Waals surface area contributed by atoms with Crippen LogP contribution in [0.5, 0.6) is 5.75 Å². The number of benzene rings is 1. The predicted molar refractivity (Wildman–Crippen MR) is 104 cm³/mol. The first-order valence-electron chi connectivity index (χ1n) is 9.07. The second-order valence-electron chi connectivity index (χ2n) is 7.15. The van der Waals surface area contributed by atoms with Crippen LogP contribution in [-0.2, 0) is 6.61 Å². The monoisotopic (exact) mass is 420 g/mol. The van der Waals surface area contributed by atoms with Crippen molar-refractivity contribution in [2.75, 3.05) is 6.61 Å². The number of nitrogens with two attached hydrogens (primary N) is 1. The van der Waals surface area contributed by atoms with Gasteiger partial charge in [-0.3, -0.25) is 4.79 Å². The highest BCUT2D eigenvalue weighted by atomic mass is 19.1. The zero-order valence-electron chi connectivity index (χ0n) is 16.4. The quantitative estimate of drug-likeness (QED) is 0.427. The molecule has 0 saturated heterocycles. The molecule has 3 rings (SSSR count). The molecule has 2 heterocycles. The van der Waals surface area contributed by atoms with Crippen LogP contribution in [0.15, 0.2) is 36.5 Å². The summed E-state index contributed by atoms with van der Waals surface area (Å²) in [5.74, 6) is -1.47. The molecule has 2 aromatic heterocycles. The zero-order valence-corrected chi connectivity index (χ0v) is 16.4. The van der Waals surface area contributed by atoms with Gasteiger partial charge in [-0.15, -0.1) is 0 Å². The molecular formula is C20H22F2N4O4. The highest BCUT2D eigenvalue weighted by Gasteiger charge is 2.33. The minimum absolute atomic E-state index is 0.0492. The SMILES string of the molecule is Cc1nn2ccc(OCc3cc(F)ccc3F)cc2c1C(=O)NC(C)(CO)C(N)O. The molecule has 0 spiro atoms. The van der Waals surface area contributed by atoms with Crippen LogP contribution in [0, 0.1) is 18.6 Å². The summed E-state index contributed by atoms with van der Waals surface area (Å²) in [6, 6.07) is 6.18. The van der Waals surface area contributed by atoms with Crippen LogP contribution in [0.25, 0.3) is 5.52 Å². The molecule has 1 amide bonds. The van der Waals surface area contributed by atoms with Crippen LogP contribution in [0.2, 0.25) is 0 Å². The third-order valence-corrected chi connectivity index (χ3v) is 4.79. The average molecular weight is 420 g/mol. The Hall–Kier alpha value is -3.08. The first kappa shape index (κ1) is 21.6. The number of fused-ring (bicyclic) bond motifs is 1. The lowest BCUT2D eigenvalue weighted by Crippen LogP contribution is -2.60. The van der Waals surface area contributed by atoms with Crippen LogP contribution in [0.3, 0.4) is 0 Å². The molecule has 0 fully saturated rings. The fraction of sp³-hybridized carbons (Fsp3) is 0.300. The molecule has 2 atom stereocenters. The van der Waals surface area contributed by atoms with E-state index in [1.54, 1.807) is 19.2 Å². The Morgan fingerprint density at radius 3 is 2.77 bits per heavy atom. The third-order valence-electron chi connectivity index (χ3n) is 4.79. The van der Waals surface area contributed by atoms with Gasteiger partial charge in [0.25, 0.3) is 5.91 Å². The van der Waals surface area contributed by atoms with E-state index in [1.807, 2.05) is 0 Å². The van der Waals surface area contributed by atoms with Crippen LogP contribution >= 0.6 is 0 Å². The minimum atomic E-state index is -1.49.